The summed E-state index contributed by atoms with van der Waals surface area (Å²) in [6.45, 7) is 0.870. The van der Waals surface area contributed by atoms with Crippen molar-refractivity contribution in [3.8, 4) is 11.5 Å². The molecule has 2 heterocycles. The molecule has 1 aliphatic carbocycles. The second kappa shape index (κ2) is 7.43. The van der Waals surface area contributed by atoms with Crippen LogP contribution in [0.4, 0.5) is 0 Å². The van der Waals surface area contributed by atoms with Crippen LogP contribution >= 0.6 is 12.2 Å². The Kier molecular flexibility index (Phi) is 4.97. The summed E-state index contributed by atoms with van der Waals surface area (Å²) < 4.78 is 11.0. The number of nitrogens with two attached hydrogens (primary N) is 1. The van der Waals surface area contributed by atoms with Crippen molar-refractivity contribution in [1.29, 1.82) is 0 Å². The molecule has 7 nitrogen and oxygen atoms in total. The van der Waals surface area contributed by atoms with Crippen molar-refractivity contribution < 1.29 is 14.3 Å². The van der Waals surface area contributed by atoms with Gasteiger partial charge >= 0.3 is 0 Å². The lowest BCUT2D eigenvalue weighted by Gasteiger charge is -2.46. The quantitative estimate of drug-likeness (QED) is 0.594. The highest BCUT2D eigenvalue weighted by Gasteiger charge is 2.40. The molecule has 3 N–H and O–H groups in total. The van der Waals surface area contributed by atoms with Gasteiger partial charge in [-0.25, -0.2) is 0 Å². The molecule has 28 heavy (non-hydrogen) atoms. The zero-order valence-electron chi connectivity index (χ0n) is 16.1. The molecule has 4 rings (SSSR count). The molecule has 148 valence electrons. The van der Waals surface area contributed by atoms with Crippen molar-refractivity contribution in [3.05, 3.63) is 34.5 Å². The molecule has 0 fully saturated rings. The molecule has 0 saturated heterocycles. The molecule has 0 saturated carbocycles. The van der Waals surface area contributed by atoms with Gasteiger partial charge in [0, 0.05) is 25.1 Å². The van der Waals surface area contributed by atoms with Gasteiger partial charge in [0.25, 0.3) is 0 Å². The Balaban J connectivity index is 1.82. The zero-order chi connectivity index (χ0) is 19.8. The fourth-order valence-electron chi connectivity index (χ4n) is 4.52. The van der Waals surface area contributed by atoms with Crippen LogP contribution in [-0.4, -0.2) is 42.3 Å². The second-order valence-electron chi connectivity index (χ2n) is 7.20. The van der Waals surface area contributed by atoms with Crippen LogP contribution in [0, 0.1) is 0 Å². The predicted octanol–water partition coefficient (Wildman–Crippen LogP) is 2.20. The topological polar surface area (TPSA) is 89.2 Å². The monoisotopic (exact) mass is 400 g/mol. The number of nitrogens with one attached hydrogen (secondary N) is 1. The minimum Gasteiger partial charge on any atom is -0.493 e. The maximum atomic E-state index is 12.7. The van der Waals surface area contributed by atoms with Crippen LogP contribution in [-0.2, 0) is 11.2 Å². The summed E-state index contributed by atoms with van der Waals surface area (Å²) in [6, 6.07) is 4.21. The van der Waals surface area contributed by atoms with E-state index in [9.17, 15) is 4.79 Å². The highest BCUT2D eigenvalue weighted by atomic mass is 32.1. The van der Waals surface area contributed by atoms with Crippen molar-refractivity contribution in [2.24, 2.45) is 10.8 Å². The Morgan fingerprint density at radius 2 is 2.00 bits per heavy atom. The largest absolute Gasteiger partial charge is 0.493 e. The van der Waals surface area contributed by atoms with Gasteiger partial charge in [-0.15, -0.1) is 0 Å². The standard InChI is InChI=1S/C20H24N4O3S/c1-26-17-8-11-6-7-24-14-4-3-5-16(25)19(14)13(22-23-20(21)28)10-15(24)12(11)9-18(17)27-2/h8-9,15H,3-7,10H2,1-2H3,(H3,21,23,28)/t15-/m0/s1. The lowest BCUT2D eigenvalue weighted by atomic mass is 9.79. The van der Waals surface area contributed by atoms with Crippen molar-refractivity contribution in [2.75, 3.05) is 20.8 Å². The van der Waals surface area contributed by atoms with E-state index in [0.717, 1.165) is 48.5 Å². The van der Waals surface area contributed by atoms with E-state index in [2.05, 4.69) is 27.6 Å². The first-order chi connectivity index (χ1) is 13.5. The van der Waals surface area contributed by atoms with Gasteiger partial charge in [0.05, 0.1) is 31.5 Å². The van der Waals surface area contributed by atoms with Crippen LogP contribution in [0.25, 0.3) is 0 Å². The van der Waals surface area contributed by atoms with Gasteiger partial charge in [-0.2, -0.15) is 5.10 Å². The Labute approximate surface area is 169 Å². The molecule has 1 aromatic rings. The number of thiocarbonyl (C=S) groups is 1. The van der Waals surface area contributed by atoms with Crippen LogP contribution in [0.15, 0.2) is 28.5 Å². The summed E-state index contributed by atoms with van der Waals surface area (Å²) in [5.74, 6) is 1.60. The van der Waals surface area contributed by atoms with Gasteiger partial charge in [-0.3, -0.25) is 10.2 Å². The van der Waals surface area contributed by atoms with E-state index in [1.54, 1.807) is 14.2 Å². The summed E-state index contributed by atoms with van der Waals surface area (Å²) >= 11 is 4.90. The lowest BCUT2D eigenvalue weighted by molar-refractivity contribution is -0.115. The van der Waals surface area contributed by atoms with Crippen molar-refractivity contribution in [1.82, 2.24) is 10.3 Å². The normalized spacial score (nSPS) is 22.4. The van der Waals surface area contributed by atoms with E-state index < -0.39 is 0 Å². The molecule has 0 radical (unpaired) electrons. The first-order valence-corrected chi connectivity index (χ1v) is 9.84. The number of fused-ring (bicyclic) bond motifs is 4. The smallest absolute Gasteiger partial charge is 0.184 e. The number of benzene rings is 1. The third-order valence-electron chi connectivity index (χ3n) is 5.71. The maximum Gasteiger partial charge on any atom is 0.184 e. The minimum atomic E-state index is 0.0933. The Bertz CT molecular complexity index is 909. The molecule has 1 atom stereocenters. The van der Waals surface area contributed by atoms with Crippen LogP contribution in [0.1, 0.15) is 42.9 Å². The van der Waals surface area contributed by atoms with Crippen LogP contribution in [0.2, 0.25) is 0 Å². The number of carbonyl (C=O) groups excluding carboxylic acids is 1. The van der Waals surface area contributed by atoms with E-state index in [1.807, 2.05) is 0 Å². The Hall–Kier alpha value is -2.61. The van der Waals surface area contributed by atoms with Gasteiger partial charge in [0.15, 0.2) is 22.4 Å². The molecule has 0 amide bonds. The number of methoxy groups -OCH3 is 2. The number of allylic oxidation sites excluding steroid dienone is 2. The minimum absolute atomic E-state index is 0.0933. The highest BCUT2D eigenvalue weighted by Crippen LogP contribution is 2.46. The van der Waals surface area contributed by atoms with Crippen LogP contribution < -0.4 is 20.6 Å². The molecular weight excluding hydrogens is 376 g/mol. The summed E-state index contributed by atoms with van der Waals surface area (Å²) in [5, 5.41) is 4.49. The average molecular weight is 401 g/mol. The van der Waals surface area contributed by atoms with E-state index in [0.29, 0.717) is 18.6 Å². The molecular formula is C20H24N4O3S. The molecule has 0 aromatic heterocycles. The van der Waals surface area contributed by atoms with E-state index >= 15 is 0 Å². The van der Waals surface area contributed by atoms with E-state index in [-0.39, 0.29) is 16.9 Å². The summed E-state index contributed by atoms with van der Waals surface area (Å²) in [6.07, 6.45) is 3.82. The van der Waals surface area contributed by atoms with Crippen LogP contribution in [0.3, 0.4) is 0 Å². The molecule has 0 bridgehead atoms. The third-order valence-corrected chi connectivity index (χ3v) is 5.80. The van der Waals surface area contributed by atoms with Crippen molar-refractivity contribution in [2.45, 2.75) is 38.1 Å². The SMILES string of the molecule is COc1cc2c(cc1OC)[C@@H]1CC(=NNC(N)=S)C3=C(CCCC3=O)N1CC2. The Morgan fingerprint density at radius 3 is 2.71 bits per heavy atom. The average Bonchev–Trinajstić information content (AvgIpc) is 2.70. The van der Waals surface area contributed by atoms with Gasteiger partial charge in [-0.05, 0) is 54.7 Å². The summed E-state index contributed by atoms with van der Waals surface area (Å²) in [7, 11) is 3.29. The fraction of sp³-hybridized carbons (Fsp3) is 0.450. The number of carbonyl (C=O) groups is 1. The summed E-state index contributed by atoms with van der Waals surface area (Å²) in [4.78, 5) is 15.1. The first kappa shape index (κ1) is 18.7. The molecule has 2 aliphatic heterocycles. The highest BCUT2D eigenvalue weighted by molar-refractivity contribution is 7.80. The molecule has 8 heteroatoms. The molecule has 3 aliphatic rings. The number of nitrogens with zero attached hydrogens (tertiary/aromatic N) is 2. The van der Waals surface area contributed by atoms with Gasteiger partial charge in [0.1, 0.15) is 0 Å². The van der Waals surface area contributed by atoms with Crippen molar-refractivity contribution >= 4 is 28.8 Å². The second-order valence-corrected chi connectivity index (χ2v) is 7.64. The number of Topliss-reactive ketones (excluding diaryl/α,β-unsaturated/α-hetero) is 1. The number of ether oxygens (including phenoxy) is 2. The summed E-state index contributed by atoms with van der Waals surface area (Å²) in [5.41, 5.74) is 13.2. The maximum absolute atomic E-state index is 12.7. The van der Waals surface area contributed by atoms with Gasteiger partial charge in [0.2, 0.25) is 0 Å². The van der Waals surface area contributed by atoms with Crippen LogP contribution in [0.5, 0.6) is 11.5 Å². The zero-order valence-corrected chi connectivity index (χ0v) is 16.9. The first-order valence-electron chi connectivity index (χ1n) is 9.43. The van der Waals surface area contributed by atoms with Gasteiger partial charge < -0.3 is 20.1 Å². The number of ketones is 1. The number of hydrogen-bond donors (Lipinski definition) is 2. The van der Waals surface area contributed by atoms with Gasteiger partial charge in [-0.1, -0.05) is 0 Å². The molecule has 0 spiro atoms. The molecule has 1 aromatic carbocycles. The molecule has 0 unspecified atom stereocenters. The fourth-order valence-corrected chi connectivity index (χ4v) is 4.57. The van der Waals surface area contributed by atoms with E-state index in [4.69, 9.17) is 27.4 Å². The number of hydrazone groups is 1. The number of rotatable bonds is 3. The van der Waals surface area contributed by atoms with Crippen molar-refractivity contribution in [3.63, 3.8) is 0 Å². The van der Waals surface area contributed by atoms with E-state index in [1.165, 1.54) is 11.1 Å². The Morgan fingerprint density at radius 1 is 1.25 bits per heavy atom. The lowest BCUT2D eigenvalue weighted by Crippen LogP contribution is -2.44. The predicted molar refractivity (Wildman–Crippen MR) is 111 cm³/mol. The number of hydrogen-bond acceptors (Lipinski definition) is 6. The third kappa shape index (κ3) is 3.11.